The first-order chi connectivity index (χ1) is 9.22. The van der Waals surface area contributed by atoms with Crippen molar-refractivity contribution < 1.29 is 9.90 Å². The van der Waals surface area contributed by atoms with Gasteiger partial charge in [0.1, 0.15) is 0 Å². The number of aliphatic carboxylic acids is 1. The predicted molar refractivity (Wildman–Crippen MR) is 77.5 cm³/mol. The summed E-state index contributed by atoms with van der Waals surface area (Å²) in [6, 6.07) is 3.87. The number of carboxylic acid groups (broad SMARTS) is 1. The Labute approximate surface area is 118 Å². The molecule has 1 aliphatic heterocycles. The third kappa shape index (κ3) is 3.70. The maximum Gasteiger partial charge on any atom is 0.308 e. The van der Waals surface area contributed by atoms with Crippen molar-refractivity contribution >= 4 is 17.7 Å². The standard InChI is InChI=1S/C14H20N2O2S/c1-19-8-2-7-16-9-12(13(10-16)14(17)18)11-3-5-15-6-4-11/h3-6,12-13H,2,7-10H2,1H3,(H,17,18)/t12-,13+/m0/s1. The first-order valence-corrected chi connectivity index (χ1v) is 7.95. The summed E-state index contributed by atoms with van der Waals surface area (Å²) in [7, 11) is 0. The second-order valence-electron chi connectivity index (χ2n) is 4.94. The molecule has 1 saturated heterocycles. The van der Waals surface area contributed by atoms with Crippen molar-refractivity contribution in [2.75, 3.05) is 31.6 Å². The van der Waals surface area contributed by atoms with Crippen LogP contribution in [0, 0.1) is 5.92 Å². The van der Waals surface area contributed by atoms with Crippen LogP contribution in [0.1, 0.15) is 17.9 Å². The summed E-state index contributed by atoms with van der Waals surface area (Å²) in [5, 5.41) is 9.39. The Hall–Kier alpha value is -1.07. The Morgan fingerprint density at radius 3 is 2.84 bits per heavy atom. The third-order valence-electron chi connectivity index (χ3n) is 3.67. The molecule has 0 radical (unpaired) electrons. The summed E-state index contributed by atoms with van der Waals surface area (Å²) in [6.45, 7) is 2.50. The smallest absolute Gasteiger partial charge is 0.308 e. The molecule has 0 spiro atoms. The van der Waals surface area contributed by atoms with Gasteiger partial charge in [-0.25, -0.2) is 0 Å². The number of likely N-dealkylation sites (tertiary alicyclic amines) is 1. The normalized spacial score (nSPS) is 23.6. The number of carbonyl (C=O) groups is 1. The van der Waals surface area contributed by atoms with Crippen LogP contribution in [0.25, 0.3) is 0 Å². The fraction of sp³-hybridized carbons (Fsp3) is 0.571. The lowest BCUT2D eigenvalue weighted by Crippen LogP contribution is -2.24. The van der Waals surface area contributed by atoms with Crippen LogP contribution in [0.4, 0.5) is 0 Å². The second kappa shape index (κ2) is 6.91. The Kier molecular flexibility index (Phi) is 5.22. The van der Waals surface area contributed by atoms with E-state index in [2.05, 4.69) is 16.1 Å². The monoisotopic (exact) mass is 280 g/mol. The molecule has 2 atom stereocenters. The van der Waals surface area contributed by atoms with Gasteiger partial charge in [-0.15, -0.1) is 0 Å². The molecule has 1 aliphatic rings. The molecule has 0 aromatic carbocycles. The Bertz CT molecular complexity index is 413. The molecule has 5 heteroatoms. The van der Waals surface area contributed by atoms with Crippen LogP contribution in [0.5, 0.6) is 0 Å². The molecular formula is C14H20N2O2S. The molecular weight excluding hydrogens is 260 g/mol. The molecule has 2 heterocycles. The minimum absolute atomic E-state index is 0.0924. The number of pyridine rings is 1. The molecule has 0 bridgehead atoms. The number of hydrogen-bond acceptors (Lipinski definition) is 4. The fourth-order valence-corrected chi connectivity index (χ4v) is 3.12. The lowest BCUT2D eigenvalue weighted by molar-refractivity contribution is -0.141. The van der Waals surface area contributed by atoms with Crippen molar-refractivity contribution in [3.63, 3.8) is 0 Å². The average molecular weight is 280 g/mol. The summed E-state index contributed by atoms with van der Waals surface area (Å²) in [4.78, 5) is 17.7. The van der Waals surface area contributed by atoms with Crippen molar-refractivity contribution in [3.8, 4) is 0 Å². The van der Waals surface area contributed by atoms with Crippen LogP contribution in [0.15, 0.2) is 24.5 Å². The van der Waals surface area contributed by atoms with Gasteiger partial charge in [-0.1, -0.05) is 0 Å². The lowest BCUT2D eigenvalue weighted by Gasteiger charge is -2.15. The second-order valence-corrected chi connectivity index (χ2v) is 5.92. The van der Waals surface area contributed by atoms with Gasteiger partial charge >= 0.3 is 5.97 Å². The van der Waals surface area contributed by atoms with Crippen LogP contribution >= 0.6 is 11.8 Å². The number of aromatic nitrogens is 1. The summed E-state index contributed by atoms with van der Waals surface area (Å²) >= 11 is 1.84. The van der Waals surface area contributed by atoms with E-state index < -0.39 is 5.97 Å². The van der Waals surface area contributed by atoms with Crippen LogP contribution in [-0.4, -0.2) is 52.6 Å². The Morgan fingerprint density at radius 1 is 1.47 bits per heavy atom. The van der Waals surface area contributed by atoms with E-state index in [1.54, 1.807) is 12.4 Å². The van der Waals surface area contributed by atoms with Gasteiger partial charge in [0.15, 0.2) is 0 Å². The zero-order valence-corrected chi connectivity index (χ0v) is 12.0. The SMILES string of the molecule is CSCCCN1C[C@@H](C(=O)O)[C@H](c2ccncc2)C1. The highest BCUT2D eigenvalue weighted by Gasteiger charge is 2.38. The van der Waals surface area contributed by atoms with E-state index in [-0.39, 0.29) is 11.8 Å². The summed E-state index contributed by atoms with van der Waals surface area (Å²) < 4.78 is 0. The van der Waals surface area contributed by atoms with Crippen molar-refractivity contribution in [2.24, 2.45) is 5.92 Å². The highest BCUT2D eigenvalue weighted by molar-refractivity contribution is 7.98. The largest absolute Gasteiger partial charge is 0.481 e. The van der Waals surface area contributed by atoms with E-state index >= 15 is 0 Å². The van der Waals surface area contributed by atoms with Crippen molar-refractivity contribution in [1.82, 2.24) is 9.88 Å². The number of thioether (sulfide) groups is 1. The predicted octanol–water partition coefficient (Wildman–Crippen LogP) is 1.93. The minimum atomic E-state index is -0.686. The quantitative estimate of drug-likeness (QED) is 0.807. The molecule has 19 heavy (non-hydrogen) atoms. The highest BCUT2D eigenvalue weighted by atomic mass is 32.2. The van der Waals surface area contributed by atoms with Crippen molar-refractivity contribution in [2.45, 2.75) is 12.3 Å². The molecule has 1 aromatic rings. The van der Waals surface area contributed by atoms with Crippen LogP contribution in [-0.2, 0) is 4.79 Å². The first-order valence-electron chi connectivity index (χ1n) is 6.56. The van der Waals surface area contributed by atoms with Gasteiger partial charge in [-0.05, 0) is 42.7 Å². The molecule has 1 aromatic heterocycles. The lowest BCUT2D eigenvalue weighted by atomic mass is 9.90. The Balaban J connectivity index is 2.03. The van der Waals surface area contributed by atoms with Gasteiger partial charge in [0.25, 0.3) is 0 Å². The van der Waals surface area contributed by atoms with Crippen molar-refractivity contribution in [3.05, 3.63) is 30.1 Å². The molecule has 4 nitrogen and oxygen atoms in total. The fourth-order valence-electron chi connectivity index (χ4n) is 2.70. The van der Waals surface area contributed by atoms with Gasteiger partial charge in [0, 0.05) is 31.4 Å². The summed E-state index contributed by atoms with van der Waals surface area (Å²) in [5.74, 6) is 0.245. The van der Waals surface area contributed by atoms with E-state index in [4.69, 9.17) is 0 Å². The van der Waals surface area contributed by atoms with Gasteiger partial charge in [-0.3, -0.25) is 9.78 Å². The van der Waals surface area contributed by atoms with Gasteiger partial charge < -0.3 is 10.0 Å². The van der Waals surface area contributed by atoms with E-state index in [9.17, 15) is 9.90 Å². The van der Waals surface area contributed by atoms with Crippen LogP contribution in [0.2, 0.25) is 0 Å². The van der Waals surface area contributed by atoms with Gasteiger partial charge in [0.05, 0.1) is 5.92 Å². The number of nitrogens with zero attached hydrogens (tertiary/aromatic N) is 2. The molecule has 0 amide bonds. The van der Waals surface area contributed by atoms with Crippen LogP contribution < -0.4 is 0 Å². The van der Waals surface area contributed by atoms with E-state index in [0.29, 0.717) is 6.54 Å². The first kappa shape index (κ1) is 14.3. The maximum absolute atomic E-state index is 11.4. The summed E-state index contributed by atoms with van der Waals surface area (Å²) in [6.07, 6.45) is 6.70. The van der Waals surface area contributed by atoms with Crippen LogP contribution in [0.3, 0.4) is 0 Å². The number of carboxylic acids is 1. The zero-order valence-electron chi connectivity index (χ0n) is 11.2. The molecule has 1 fully saturated rings. The molecule has 2 rings (SSSR count). The minimum Gasteiger partial charge on any atom is -0.481 e. The van der Waals surface area contributed by atoms with E-state index in [1.165, 1.54) is 0 Å². The molecule has 0 aliphatic carbocycles. The number of hydrogen-bond donors (Lipinski definition) is 1. The maximum atomic E-state index is 11.4. The highest BCUT2D eigenvalue weighted by Crippen LogP contribution is 2.32. The molecule has 0 unspecified atom stereocenters. The zero-order chi connectivity index (χ0) is 13.7. The van der Waals surface area contributed by atoms with Gasteiger partial charge in [-0.2, -0.15) is 11.8 Å². The molecule has 1 N–H and O–H groups in total. The van der Waals surface area contributed by atoms with Gasteiger partial charge in [0.2, 0.25) is 0 Å². The van der Waals surface area contributed by atoms with Crippen molar-refractivity contribution in [1.29, 1.82) is 0 Å². The average Bonchev–Trinajstić information content (AvgIpc) is 2.84. The Morgan fingerprint density at radius 2 is 2.21 bits per heavy atom. The topological polar surface area (TPSA) is 53.4 Å². The molecule has 0 saturated carbocycles. The van der Waals surface area contributed by atoms with E-state index in [1.807, 2.05) is 23.9 Å². The summed E-state index contributed by atoms with van der Waals surface area (Å²) in [5.41, 5.74) is 1.09. The molecule has 104 valence electrons. The number of rotatable bonds is 6. The third-order valence-corrected chi connectivity index (χ3v) is 4.37. The van der Waals surface area contributed by atoms with E-state index in [0.717, 1.165) is 30.8 Å².